The molecule has 0 spiro atoms. The molecule has 0 radical (unpaired) electrons. The maximum absolute atomic E-state index is 13.0. The summed E-state index contributed by atoms with van der Waals surface area (Å²) in [6.45, 7) is 6.55. The summed E-state index contributed by atoms with van der Waals surface area (Å²) in [7, 11) is 0. The van der Waals surface area contributed by atoms with Gasteiger partial charge >= 0.3 is 0 Å². The summed E-state index contributed by atoms with van der Waals surface area (Å²) < 4.78 is 13.0. The second-order valence-electron chi connectivity index (χ2n) is 6.79. The number of piperidine rings is 1. The van der Waals surface area contributed by atoms with Crippen LogP contribution >= 0.6 is 0 Å². The van der Waals surface area contributed by atoms with Gasteiger partial charge in [-0.1, -0.05) is 19.1 Å². The zero-order valence-electron chi connectivity index (χ0n) is 14.4. The lowest BCUT2D eigenvalue weighted by molar-refractivity contribution is 0.0182. The highest BCUT2D eigenvalue weighted by atomic mass is 19.1. The van der Waals surface area contributed by atoms with E-state index in [1.165, 1.54) is 12.1 Å². The molecule has 130 valence electrons. The molecule has 24 heavy (non-hydrogen) atoms. The Morgan fingerprint density at radius 1 is 1.33 bits per heavy atom. The van der Waals surface area contributed by atoms with Crippen LogP contribution in [0.3, 0.4) is 0 Å². The molecule has 1 aliphatic heterocycles. The quantitative estimate of drug-likeness (QED) is 0.886. The number of likely N-dealkylation sites (tertiary alicyclic amines) is 1. The van der Waals surface area contributed by atoms with Gasteiger partial charge in [-0.15, -0.1) is 0 Å². The monoisotopic (exact) mass is 331 g/mol. The van der Waals surface area contributed by atoms with Gasteiger partial charge in [-0.05, 0) is 49.9 Å². The van der Waals surface area contributed by atoms with E-state index in [1.54, 1.807) is 0 Å². The van der Waals surface area contributed by atoms with Gasteiger partial charge in [0.2, 0.25) is 0 Å². The maximum Gasteiger partial charge on any atom is 0.123 e. The number of H-pyrrole nitrogens is 1. The lowest BCUT2D eigenvalue weighted by Gasteiger charge is -2.35. The van der Waals surface area contributed by atoms with E-state index in [0.29, 0.717) is 6.54 Å². The molecule has 0 aliphatic carbocycles. The summed E-state index contributed by atoms with van der Waals surface area (Å²) in [5.41, 5.74) is 3.29. The smallest absolute Gasteiger partial charge is 0.123 e. The van der Waals surface area contributed by atoms with Crippen LogP contribution < -0.4 is 0 Å². The standard InChI is InChI=1S/C19H26FN3O/c1-3-19-21-13(2)17(22-19)11-23-9-8-15(18(24)12-23)10-14-4-6-16(20)7-5-14/h4-7,15,18,24H,3,8-12H2,1-2H3,(H,21,22)/t15-,18+/m1/s1. The number of halogens is 1. The average molecular weight is 331 g/mol. The van der Waals surface area contributed by atoms with Crippen molar-refractivity contribution in [3.63, 3.8) is 0 Å². The number of aryl methyl sites for hydroxylation is 2. The van der Waals surface area contributed by atoms with E-state index in [1.807, 2.05) is 12.1 Å². The second-order valence-corrected chi connectivity index (χ2v) is 6.79. The van der Waals surface area contributed by atoms with E-state index in [2.05, 4.69) is 28.7 Å². The molecule has 1 fully saturated rings. The Morgan fingerprint density at radius 2 is 2.08 bits per heavy atom. The number of benzene rings is 1. The highest BCUT2D eigenvalue weighted by molar-refractivity contribution is 5.17. The fourth-order valence-corrected chi connectivity index (χ4v) is 3.45. The van der Waals surface area contributed by atoms with Gasteiger partial charge in [-0.25, -0.2) is 9.37 Å². The van der Waals surface area contributed by atoms with Crippen molar-refractivity contribution >= 4 is 0 Å². The zero-order chi connectivity index (χ0) is 17.1. The SMILES string of the molecule is CCc1nc(CN2CC[C@H](Cc3ccc(F)cc3)[C@@H](O)C2)c(C)[nH]1. The van der Waals surface area contributed by atoms with Crippen molar-refractivity contribution in [2.75, 3.05) is 13.1 Å². The molecule has 0 saturated carbocycles. The number of rotatable bonds is 5. The van der Waals surface area contributed by atoms with E-state index < -0.39 is 0 Å². The third-order valence-electron chi connectivity index (χ3n) is 4.96. The van der Waals surface area contributed by atoms with Crippen molar-refractivity contribution in [1.82, 2.24) is 14.9 Å². The lowest BCUT2D eigenvalue weighted by Crippen LogP contribution is -2.44. The molecule has 2 aromatic rings. The normalized spacial score (nSPS) is 22.0. The van der Waals surface area contributed by atoms with E-state index >= 15 is 0 Å². The highest BCUT2D eigenvalue weighted by Gasteiger charge is 2.28. The van der Waals surface area contributed by atoms with Crippen molar-refractivity contribution in [2.45, 2.75) is 45.8 Å². The lowest BCUT2D eigenvalue weighted by atomic mass is 9.88. The Hall–Kier alpha value is -1.72. The van der Waals surface area contributed by atoms with E-state index in [4.69, 9.17) is 0 Å². The summed E-state index contributed by atoms with van der Waals surface area (Å²) in [4.78, 5) is 10.2. The molecule has 4 nitrogen and oxygen atoms in total. The second kappa shape index (κ2) is 7.45. The van der Waals surface area contributed by atoms with Gasteiger partial charge < -0.3 is 10.1 Å². The number of aliphatic hydroxyl groups is 1. The Morgan fingerprint density at radius 3 is 2.71 bits per heavy atom. The first-order valence-electron chi connectivity index (χ1n) is 8.74. The van der Waals surface area contributed by atoms with Crippen LogP contribution in [0.2, 0.25) is 0 Å². The number of aromatic amines is 1. The molecular formula is C19H26FN3O. The van der Waals surface area contributed by atoms with Crippen molar-refractivity contribution in [2.24, 2.45) is 5.92 Å². The summed E-state index contributed by atoms with van der Waals surface area (Å²) >= 11 is 0. The summed E-state index contributed by atoms with van der Waals surface area (Å²) in [6, 6.07) is 6.60. The fourth-order valence-electron chi connectivity index (χ4n) is 3.45. The summed E-state index contributed by atoms with van der Waals surface area (Å²) in [5, 5.41) is 10.5. The van der Waals surface area contributed by atoms with E-state index in [9.17, 15) is 9.50 Å². The molecule has 2 N–H and O–H groups in total. The van der Waals surface area contributed by atoms with Gasteiger partial charge in [-0.2, -0.15) is 0 Å². The fraction of sp³-hybridized carbons (Fsp3) is 0.526. The number of aromatic nitrogens is 2. The van der Waals surface area contributed by atoms with Gasteiger partial charge in [0.1, 0.15) is 11.6 Å². The van der Waals surface area contributed by atoms with Gasteiger partial charge in [-0.3, -0.25) is 4.90 Å². The Balaban J connectivity index is 1.56. The van der Waals surface area contributed by atoms with Crippen LogP contribution in [0, 0.1) is 18.7 Å². The van der Waals surface area contributed by atoms with Crippen LogP contribution in [0.4, 0.5) is 4.39 Å². The van der Waals surface area contributed by atoms with Crippen molar-refractivity contribution in [1.29, 1.82) is 0 Å². The first kappa shape index (κ1) is 17.1. The van der Waals surface area contributed by atoms with Crippen LogP contribution in [-0.2, 0) is 19.4 Å². The molecule has 0 bridgehead atoms. The molecule has 1 saturated heterocycles. The Bertz CT molecular complexity index is 668. The minimum Gasteiger partial charge on any atom is -0.391 e. The van der Waals surface area contributed by atoms with Crippen molar-refractivity contribution in [3.05, 3.63) is 52.9 Å². The molecule has 3 rings (SSSR count). The number of nitrogens with zero attached hydrogens (tertiary/aromatic N) is 2. The number of β-amino-alcohol motifs (C(OH)–C–C–N with tert-alkyl or cyclic N) is 1. The van der Waals surface area contributed by atoms with E-state index in [-0.39, 0.29) is 17.8 Å². The van der Waals surface area contributed by atoms with Gasteiger partial charge in [0.25, 0.3) is 0 Å². The first-order chi connectivity index (χ1) is 11.5. The predicted molar refractivity (Wildman–Crippen MR) is 92.2 cm³/mol. The third-order valence-corrected chi connectivity index (χ3v) is 4.96. The average Bonchev–Trinajstić information content (AvgIpc) is 2.92. The number of hydrogen-bond acceptors (Lipinski definition) is 3. The minimum atomic E-state index is -0.353. The van der Waals surface area contributed by atoms with Crippen LogP contribution in [0.1, 0.15) is 36.1 Å². The summed E-state index contributed by atoms with van der Waals surface area (Å²) in [5.74, 6) is 1.04. The van der Waals surface area contributed by atoms with Crippen LogP contribution in [0.5, 0.6) is 0 Å². The predicted octanol–water partition coefficient (Wildman–Crippen LogP) is 2.85. The maximum atomic E-state index is 13.0. The zero-order valence-corrected chi connectivity index (χ0v) is 14.4. The minimum absolute atomic E-state index is 0.213. The van der Waals surface area contributed by atoms with Crippen LogP contribution in [-0.4, -0.2) is 39.2 Å². The number of aliphatic hydroxyl groups excluding tert-OH is 1. The first-order valence-corrected chi connectivity index (χ1v) is 8.74. The van der Waals surface area contributed by atoms with E-state index in [0.717, 1.165) is 55.1 Å². The van der Waals surface area contributed by atoms with Gasteiger partial charge in [0, 0.05) is 25.2 Å². The molecule has 2 atom stereocenters. The van der Waals surface area contributed by atoms with Crippen LogP contribution in [0.15, 0.2) is 24.3 Å². The molecule has 2 heterocycles. The van der Waals surface area contributed by atoms with Gasteiger partial charge in [0.05, 0.1) is 11.8 Å². The molecule has 1 aliphatic rings. The molecule has 1 aromatic heterocycles. The topological polar surface area (TPSA) is 52.1 Å². The summed E-state index contributed by atoms with van der Waals surface area (Å²) in [6.07, 6.45) is 2.30. The van der Waals surface area contributed by atoms with Crippen molar-refractivity contribution < 1.29 is 9.50 Å². The number of nitrogens with one attached hydrogen (secondary N) is 1. The number of imidazole rings is 1. The largest absolute Gasteiger partial charge is 0.391 e. The third kappa shape index (κ3) is 4.02. The van der Waals surface area contributed by atoms with Crippen molar-refractivity contribution in [3.8, 4) is 0 Å². The Labute approximate surface area is 142 Å². The number of hydrogen-bond donors (Lipinski definition) is 2. The molecule has 5 heteroatoms. The molecule has 1 aromatic carbocycles. The molecule has 0 amide bonds. The molecule has 0 unspecified atom stereocenters. The highest BCUT2D eigenvalue weighted by Crippen LogP contribution is 2.24. The van der Waals surface area contributed by atoms with Gasteiger partial charge in [0.15, 0.2) is 0 Å². The Kier molecular flexibility index (Phi) is 5.31. The van der Waals surface area contributed by atoms with Crippen LogP contribution in [0.25, 0.3) is 0 Å². The molecular weight excluding hydrogens is 305 g/mol.